The molecule has 2 aromatic heterocycles. The summed E-state index contributed by atoms with van der Waals surface area (Å²) in [5.41, 5.74) is -0.841. The highest BCUT2D eigenvalue weighted by atomic mass is 19.4. The molecule has 3 aliphatic rings. The molecule has 6 rings (SSSR count). The summed E-state index contributed by atoms with van der Waals surface area (Å²) in [6.45, 7) is 4.03. The Morgan fingerprint density at radius 2 is 1.86 bits per heavy atom. The number of benzene rings is 1. The lowest BCUT2D eigenvalue weighted by Gasteiger charge is -2.37. The van der Waals surface area contributed by atoms with Gasteiger partial charge < -0.3 is 14.7 Å². The molecule has 0 spiro atoms. The first-order valence-corrected chi connectivity index (χ1v) is 11.9. The second-order valence-corrected chi connectivity index (χ2v) is 9.75. The maximum absolute atomic E-state index is 13.8. The minimum atomic E-state index is -4.75. The molecule has 186 valence electrons. The van der Waals surface area contributed by atoms with E-state index in [2.05, 4.69) is 25.5 Å². The molecule has 35 heavy (non-hydrogen) atoms. The van der Waals surface area contributed by atoms with Gasteiger partial charge in [0, 0.05) is 31.6 Å². The van der Waals surface area contributed by atoms with Gasteiger partial charge in [-0.2, -0.15) is 23.1 Å². The average molecular weight is 491 g/mol. The predicted molar refractivity (Wildman–Crippen MR) is 117 cm³/mol. The van der Waals surface area contributed by atoms with E-state index in [0.717, 1.165) is 44.5 Å². The SMILES string of the molecule is Cc1noc(N2CC3CC[C@@H](C2)[C@@H]3Nc2nc3n(n2)CCCC3c2ccc(F)c(C(F)(F)F)c2)n1. The third kappa shape index (κ3) is 4.02. The molecule has 0 radical (unpaired) electrons. The highest BCUT2D eigenvalue weighted by molar-refractivity contribution is 5.37. The van der Waals surface area contributed by atoms with Gasteiger partial charge in [0.15, 0.2) is 5.82 Å². The Kier molecular flexibility index (Phi) is 5.22. The van der Waals surface area contributed by atoms with Crippen LogP contribution in [-0.4, -0.2) is 44.0 Å². The molecule has 3 aromatic rings. The fourth-order valence-corrected chi connectivity index (χ4v) is 5.88. The number of piperidine rings is 1. The Balaban J connectivity index is 1.22. The van der Waals surface area contributed by atoms with E-state index in [-0.39, 0.29) is 12.0 Å². The van der Waals surface area contributed by atoms with Crippen molar-refractivity contribution in [3.05, 3.63) is 46.8 Å². The van der Waals surface area contributed by atoms with Crippen molar-refractivity contribution in [2.45, 2.75) is 57.3 Å². The summed E-state index contributed by atoms with van der Waals surface area (Å²) in [5.74, 6) is 0.816. The number of hydrogen-bond donors (Lipinski definition) is 1. The van der Waals surface area contributed by atoms with Gasteiger partial charge in [0.2, 0.25) is 5.95 Å². The zero-order valence-corrected chi connectivity index (χ0v) is 19.1. The van der Waals surface area contributed by atoms with Crippen molar-refractivity contribution in [2.24, 2.45) is 11.8 Å². The number of aromatic nitrogens is 5. The normalized spacial score (nSPS) is 26.1. The van der Waals surface area contributed by atoms with Gasteiger partial charge in [-0.3, -0.25) is 0 Å². The number of anilines is 2. The molecule has 1 aliphatic carbocycles. The number of aryl methyl sites for hydroxylation is 2. The van der Waals surface area contributed by atoms with E-state index in [1.807, 2.05) is 0 Å². The molecule has 2 bridgehead atoms. The van der Waals surface area contributed by atoms with Crippen LogP contribution >= 0.6 is 0 Å². The molecular formula is C23H25F4N7O. The molecule has 4 heterocycles. The summed E-state index contributed by atoms with van der Waals surface area (Å²) in [6.07, 6.45) is -1.22. The van der Waals surface area contributed by atoms with Crippen molar-refractivity contribution in [1.29, 1.82) is 0 Å². The summed E-state index contributed by atoms with van der Waals surface area (Å²) in [6, 6.07) is 3.96. The molecule has 4 atom stereocenters. The molecule has 2 fully saturated rings. The van der Waals surface area contributed by atoms with E-state index < -0.39 is 17.6 Å². The van der Waals surface area contributed by atoms with Crippen molar-refractivity contribution >= 4 is 12.0 Å². The van der Waals surface area contributed by atoms with Gasteiger partial charge in [-0.1, -0.05) is 11.2 Å². The smallest absolute Gasteiger partial charge is 0.350 e. The lowest BCUT2D eigenvalue weighted by Crippen LogP contribution is -2.48. The van der Waals surface area contributed by atoms with Crippen LogP contribution in [0.4, 0.5) is 29.5 Å². The molecule has 2 aliphatic heterocycles. The Labute approximate surface area is 198 Å². The summed E-state index contributed by atoms with van der Waals surface area (Å²) in [5, 5.41) is 12.0. The Morgan fingerprint density at radius 3 is 2.54 bits per heavy atom. The van der Waals surface area contributed by atoms with Crippen LogP contribution in [0.1, 0.15) is 54.4 Å². The average Bonchev–Trinajstić information content (AvgIpc) is 3.48. The molecular weight excluding hydrogens is 466 g/mol. The molecule has 12 heteroatoms. The van der Waals surface area contributed by atoms with E-state index in [1.54, 1.807) is 11.6 Å². The molecule has 1 N–H and O–H groups in total. The Morgan fingerprint density at radius 1 is 1.09 bits per heavy atom. The highest BCUT2D eigenvalue weighted by Crippen LogP contribution is 2.41. The van der Waals surface area contributed by atoms with Crippen LogP contribution in [0.2, 0.25) is 0 Å². The third-order valence-electron chi connectivity index (χ3n) is 7.49. The van der Waals surface area contributed by atoms with Crippen LogP contribution in [0.5, 0.6) is 0 Å². The summed E-state index contributed by atoms with van der Waals surface area (Å²) in [7, 11) is 0. The standard InChI is InChI=1S/C23H25F4N7O/c1-12-28-22(35-32-12)33-10-14-4-5-15(11-33)19(14)29-21-30-20-16(3-2-8-34(20)31-21)13-6-7-18(24)17(9-13)23(25,26)27/h6-7,9,14-16,19H,2-5,8,10-11H2,1H3,(H,29,31)/t14-,15?,16?,19-/m0/s1. The lowest BCUT2D eigenvalue weighted by atomic mass is 9.90. The van der Waals surface area contributed by atoms with Gasteiger partial charge in [0.05, 0.1) is 5.56 Å². The van der Waals surface area contributed by atoms with Gasteiger partial charge in [-0.05, 0) is 62.1 Å². The third-order valence-corrected chi connectivity index (χ3v) is 7.49. The fourth-order valence-electron chi connectivity index (χ4n) is 5.88. The van der Waals surface area contributed by atoms with Gasteiger partial charge in [-0.25, -0.2) is 9.07 Å². The number of nitrogens with one attached hydrogen (secondary N) is 1. The van der Waals surface area contributed by atoms with Crippen LogP contribution in [0.3, 0.4) is 0 Å². The van der Waals surface area contributed by atoms with Crippen LogP contribution in [-0.2, 0) is 12.7 Å². The number of halogens is 4. The van der Waals surface area contributed by atoms with Crippen LogP contribution in [0.15, 0.2) is 22.7 Å². The molecule has 0 amide bonds. The zero-order chi connectivity index (χ0) is 24.3. The molecule has 2 unspecified atom stereocenters. The van der Waals surface area contributed by atoms with E-state index in [0.29, 0.717) is 54.0 Å². The van der Waals surface area contributed by atoms with Crippen molar-refractivity contribution in [3.63, 3.8) is 0 Å². The van der Waals surface area contributed by atoms with Gasteiger partial charge in [0.25, 0.3) is 0 Å². The monoisotopic (exact) mass is 491 g/mol. The first-order valence-electron chi connectivity index (χ1n) is 11.9. The summed E-state index contributed by atoms with van der Waals surface area (Å²) < 4.78 is 60.8. The number of nitrogens with zero attached hydrogens (tertiary/aromatic N) is 6. The van der Waals surface area contributed by atoms with E-state index >= 15 is 0 Å². The number of rotatable bonds is 4. The van der Waals surface area contributed by atoms with Crippen molar-refractivity contribution in [1.82, 2.24) is 24.9 Å². The van der Waals surface area contributed by atoms with Crippen LogP contribution in [0.25, 0.3) is 0 Å². The molecule has 8 nitrogen and oxygen atoms in total. The van der Waals surface area contributed by atoms with Gasteiger partial charge in [0.1, 0.15) is 11.6 Å². The second-order valence-electron chi connectivity index (χ2n) is 9.75. The highest BCUT2D eigenvalue weighted by Gasteiger charge is 2.44. The number of alkyl halides is 3. The van der Waals surface area contributed by atoms with Crippen molar-refractivity contribution < 1.29 is 22.1 Å². The predicted octanol–water partition coefficient (Wildman–Crippen LogP) is 4.38. The molecule has 1 saturated carbocycles. The molecule has 1 aromatic carbocycles. The maximum Gasteiger partial charge on any atom is 0.419 e. The van der Waals surface area contributed by atoms with Crippen molar-refractivity contribution in [3.8, 4) is 0 Å². The van der Waals surface area contributed by atoms with E-state index in [9.17, 15) is 17.6 Å². The first kappa shape index (κ1) is 22.3. The van der Waals surface area contributed by atoms with E-state index in [1.165, 1.54) is 6.07 Å². The van der Waals surface area contributed by atoms with Crippen LogP contribution in [0, 0.1) is 24.6 Å². The summed E-state index contributed by atoms with van der Waals surface area (Å²) >= 11 is 0. The number of hydrogen-bond acceptors (Lipinski definition) is 7. The largest absolute Gasteiger partial charge is 0.419 e. The quantitative estimate of drug-likeness (QED) is 0.542. The van der Waals surface area contributed by atoms with Gasteiger partial charge >= 0.3 is 12.2 Å². The fraction of sp³-hybridized carbons (Fsp3) is 0.565. The zero-order valence-electron chi connectivity index (χ0n) is 19.1. The minimum absolute atomic E-state index is 0.195. The Hall–Kier alpha value is -3.18. The van der Waals surface area contributed by atoms with Crippen LogP contribution < -0.4 is 10.2 Å². The van der Waals surface area contributed by atoms with E-state index in [4.69, 9.17) is 9.51 Å². The summed E-state index contributed by atoms with van der Waals surface area (Å²) in [4.78, 5) is 11.2. The second kappa shape index (κ2) is 8.20. The lowest BCUT2D eigenvalue weighted by molar-refractivity contribution is -0.140. The maximum atomic E-state index is 13.8. The minimum Gasteiger partial charge on any atom is -0.350 e. The van der Waals surface area contributed by atoms with Crippen molar-refractivity contribution in [2.75, 3.05) is 23.3 Å². The Bertz CT molecular complexity index is 1220. The molecule has 1 saturated heterocycles. The van der Waals surface area contributed by atoms with Gasteiger partial charge in [-0.15, -0.1) is 5.10 Å². The topological polar surface area (TPSA) is 84.9 Å². The number of fused-ring (bicyclic) bond motifs is 3. The first-order chi connectivity index (χ1) is 16.8.